The van der Waals surface area contributed by atoms with Gasteiger partial charge in [0.25, 0.3) is 0 Å². The molecule has 1 aliphatic rings. The van der Waals surface area contributed by atoms with Crippen molar-refractivity contribution in [3.63, 3.8) is 0 Å². The molecule has 2 heterocycles. The van der Waals surface area contributed by atoms with Gasteiger partial charge in [-0.2, -0.15) is 5.10 Å². The van der Waals surface area contributed by atoms with Crippen LogP contribution in [0, 0.1) is 5.92 Å². The lowest BCUT2D eigenvalue weighted by Gasteiger charge is -2.22. The van der Waals surface area contributed by atoms with Gasteiger partial charge in [0.2, 0.25) is 5.91 Å². The number of rotatable bonds is 6. The highest BCUT2D eigenvalue weighted by Crippen LogP contribution is 2.36. The Bertz CT molecular complexity index is 728. The second-order valence-electron chi connectivity index (χ2n) is 6.34. The van der Waals surface area contributed by atoms with Gasteiger partial charge in [0.15, 0.2) is 0 Å². The Morgan fingerprint density at radius 3 is 3.00 bits per heavy atom. The molecule has 6 nitrogen and oxygen atoms in total. The topological polar surface area (TPSA) is 65.4 Å². The van der Waals surface area contributed by atoms with Gasteiger partial charge in [0, 0.05) is 18.8 Å². The fourth-order valence-electron chi connectivity index (χ4n) is 3.14. The third-order valence-electron chi connectivity index (χ3n) is 4.71. The van der Waals surface area contributed by atoms with Gasteiger partial charge in [0.1, 0.15) is 17.5 Å². The van der Waals surface area contributed by atoms with Crippen molar-refractivity contribution in [2.24, 2.45) is 5.92 Å². The highest BCUT2D eigenvalue weighted by molar-refractivity contribution is 5.80. The molecule has 0 radical (unpaired) electrons. The minimum atomic E-state index is -0.309. The lowest BCUT2D eigenvalue weighted by atomic mass is 9.97. The van der Waals surface area contributed by atoms with E-state index < -0.39 is 0 Å². The molecule has 0 unspecified atom stereocenters. The van der Waals surface area contributed by atoms with Crippen LogP contribution in [0.1, 0.15) is 38.5 Å². The van der Waals surface area contributed by atoms with Crippen LogP contribution in [-0.4, -0.2) is 35.4 Å². The number of hydrogen-bond donors (Lipinski definition) is 1. The summed E-state index contributed by atoms with van der Waals surface area (Å²) in [5.74, 6) is 0.565. The normalized spacial score (nSPS) is 21.1. The van der Waals surface area contributed by atoms with Crippen molar-refractivity contribution in [3.8, 4) is 11.4 Å². The maximum atomic E-state index is 12.6. The van der Waals surface area contributed by atoms with Crippen LogP contribution in [0.5, 0.6) is 5.75 Å². The summed E-state index contributed by atoms with van der Waals surface area (Å²) < 4.78 is 13.2. The van der Waals surface area contributed by atoms with Gasteiger partial charge in [-0.05, 0) is 38.0 Å². The van der Waals surface area contributed by atoms with Crippen LogP contribution >= 0.6 is 0 Å². The van der Waals surface area contributed by atoms with Crippen molar-refractivity contribution in [1.82, 2.24) is 15.1 Å². The molecule has 3 rings (SSSR count). The van der Waals surface area contributed by atoms with Crippen molar-refractivity contribution in [2.75, 3.05) is 13.7 Å². The highest BCUT2D eigenvalue weighted by atomic mass is 16.5. The van der Waals surface area contributed by atoms with E-state index in [0.29, 0.717) is 13.0 Å². The molecule has 0 spiro atoms. The van der Waals surface area contributed by atoms with Crippen molar-refractivity contribution < 1.29 is 14.3 Å². The maximum absolute atomic E-state index is 12.6. The summed E-state index contributed by atoms with van der Waals surface area (Å²) in [5, 5.41) is 7.51. The number of amides is 1. The second kappa shape index (κ2) is 7.70. The van der Waals surface area contributed by atoms with E-state index in [2.05, 4.69) is 17.3 Å². The van der Waals surface area contributed by atoms with Crippen LogP contribution in [0.3, 0.4) is 0 Å². The smallest absolute Gasteiger partial charge is 0.226 e. The zero-order valence-electron chi connectivity index (χ0n) is 14.9. The largest absolute Gasteiger partial charge is 0.494 e. The molecule has 1 aliphatic heterocycles. The first-order chi connectivity index (χ1) is 12.2. The van der Waals surface area contributed by atoms with Gasteiger partial charge >= 0.3 is 0 Å². The quantitative estimate of drug-likeness (QED) is 0.876. The average molecular weight is 343 g/mol. The van der Waals surface area contributed by atoms with Crippen LogP contribution in [0.4, 0.5) is 0 Å². The molecule has 25 heavy (non-hydrogen) atoms. The molecule has 2 aromatic rings. The number of carbonyl (C=O) groups is 1. The molecule has 1 fully saturated rings. The fourth-order valence-corrected chi connectivity index (χ4v) is 3.14. The summed E-state index contributed by atoms with van der Waals surface area (Å²) in [6.45, 7) is 4.65. The molecule has 1 aromatic heterocycles. The first kappa shape index (κ1) is 17.5. The van der Waals surface area contributed by atoms with Gasteiger partial charge in [-0.25, -0.2) is 4.68 Å². The van der Waals surface area contributed by atoms with Crippen molar-refractivity contribution in [3.05, 3.63) is 42.2 Å². The van der Waals surface area contributed by atoms with Crippen LogP contribution < -0.4 is 10.1 Å². The lowest BCUT2D eigenvalue weighted by molar-refractivity contribution is -0.127. The van der Waals surface area contributed by atoms with Crippen LogP contribution in [-0.2, 0) is 9.53 Å². The summed E-state index contributed by atoms with van der Waals surface area (Å²) in [7, 11) is 1.64. The first-order valence-electron chi connectivity index (χ1n) is 8.75. The number of nitrogens with zero attached hydrogens (tertiary/aromatic N) is 2. The van der Waals surface area contributed by atoms with Gasteiger partial charge in [-0.15, -0.1) is 0 Å². The van der Waals surface area contributed by atoms with Crippen LogP contribution in [0.25, 0.3) is 5.69 Å². The van der Waals surface area contributed by atoms with E-state index in [0.717, 1.165) is 23.6 Å². The maximum Gasteiger partial charge on any atom is 0.226 e. The summed E-state index contributed by atoms with van der Waals surface area (Å²) in [5.41, 5.74) is 1.70. The third kappa shape index (κ3) is 3.54. The van der Waals surface area contributed by atoms with Crippen molar-refractivity contribution in [1.29, 1.82) is 0 Å². The molecule has 1 saturated heterocycles. The minimum absolute atomic E-state index is 0.0460. The zero-order valence-corrected chi connectivity index (χ0v) is 14.9. The fraction of sp³-hybridized carbons (Fsp3) is 0.474. The predicted octanol–water partition coefficient (Wildman–Crippen LogP) is 2.87. The van der Waals surface area contributed by atoms with E-state index in [-0.39, 0.29) is 24.0 Å². The summed E-state index contributed by atoms with van der Waals surface area (Å²) in [6, 6.07) is 9.76. The number of benzene rings is 1. The monoisotopic (exact) mass is 343 g/mol. The summed E-state index contributed by atoms with van der Waals surface area (Å²) in [4.78, 5) is 12.6. The Hall–Kier alpha value is -2.34. The van der Waals surface area contributed by atoms with E-state index >= 15 is 0 Å². The van der Waals surface area contributed by atoms with E-state index in [1.165, 1.54) is 0 Å². The van der Waals surface area contributed by atoms with Crippen LogP contribution in [0.2, 0.25) is 0 Å². The number of nitrogens with one attached hydrogen (secondary N) is 1. The number of aromatic nitrogens is 2. The molecule has 1 N–H and O–H groups in total. The lowest BCUT2D eigenvalue weighted by Crippen LogP contribution is -2.38. The molecule has 3 atom stereocenters. The Kier molecular flexibility index (Phi) is 5.38. The Morgan fingerprint density at radius 2 is 2.24 bits per heavy atom. The molecule has 0 aliphatic carbocycles. The van der Waals surface area contributed by atoms with E-state index in [4.69, 9.17) is 9.47 Å². The molecule has 0 saturated carbocycles. The third-order valence-corrected chi connectivity index (χ3v) is 4.71. The zero-order chi connectivity index (χ0) is 17.8. The average Bonchev–Trinajstić information content (AvgIpc) is 3.30. The van der Waals surface area contributed by atoms with E-state index in [1.54, 1.807) is 18.0 Å². The number of methoxy groups -OCH3 is 1. The van der Waals surface area contributed by atoms with Gasteiger partial charge in [-0.1, -0.05) is 19.1 Å². The Morgan fingerprint density at radius 1 is 1.44 bits per heavy atom. The number of para-hydroxylation sites is 2. The van der Waals surface area contributed by atoms with E-state index in [1.807, 2.05) is 37.3 Å². The van der Waals surface area contributed by atoms with Gasteiger partial charge in [-0.3, -0.25) is 4.79 Å². The van der Waals surface area contributed by atoms with Gasteiger partial charge < -0.3 is 14.8 Å². The summed E-state index contributed by atoms with van der Waals surface area (Å²) in [6.07, 6.45) is 3.04. The molecule has 0 bridgehead atoms. The van der Waals surface area contributed by atoms with Crippen molar-refractivity contribution in [2.45, 2.75) is 38.8 Å². The number of carbonyl (C=O) groups excluding carboxylic acids is 1. The Labute approximate surface area is 148 Å². The standard InChI is InChI=1S/C19H25N3O3/c1-4-13(2)21-19(23)14-10-12-25-18(14)16-9-11-20-22(16)15-7-5-6-8-17(15)24-3/h5-9,11,13-14,18H,4,10,12H2,1-3H3,(H,21,23)/t13-,14+,18+/m1/s1. The molecule has 1 aromatic carbocycles. The molecule has 6 heteroatoms. The second-order valence-corrected chi connectivity index (χ2v) is 6.34. The Balaban J connectivity index is 1.90. The van der Waals surface area contributed by atoms with Gasteiger partial charge in [0.05, 0.1) is 18.7 Å². The first-order valence-corrected chi connectivity index (χ1v) is 8.75. The SMILES string of the molecule is CC[C@@H](C)NC(=O)[C@H]1CCO[C@@H]1c1ccnn1-c1ccccc1OC. The number of hydrogen-bond acceptors (Lipinski definition) is 4. The molecule has 1 amide bonds. The molecular weight excluding hydrogens is 318 g/mol. The molecular formula is C19H25N3O3. The van der Waals surface area contributed by atoms with Crippen LogP contribution in [0.15, 0.2) is 36.5 Å². The van der Waals surface area contributed by atoms with E-state index in [9.17, 15) is 4.79 Å². The van der Waals surface area contributed by atoms with Crippen molar-refractivity contribution >= 4 is 5.91 Å². The highest BCUT2D eigenvalue weighted by Gasteiger charge is 2.37. The predicted molar refractivity (Wildman–Crippen MR) is 94.8 cm³/mol. The summed E-state index contributed by atoms with van der Waals surface area (Å²) >= 11 is 0. The minimum Gasteiger partial charge on any atom is -0.494 e. The number of ether oxygens (including phenoxy) is 2. The molecule has 134 valence electrons.